The second kappa shape index (κ2) is 4.71. The van der Waals surface area contributed by atoms with Gasteiger partial charge in [-0.25, -0.2) is 4.98 Å². The number of rotatable bonds is 3. The molecule has 0 aliphatic heterocycles. The molecule has 0 spiro atoms. The lowest BCUT2D eigenvalue weighted by Crippen LogP contribution is -2.03. The fraction of sp³-hybridized carbons (Fsp3) is 0.250. The summed E-state index contributed by atoms with van der Waals surface area (Å²) < 4.78 is 4.48. The maximum atomic E-state index is 10.8. The molecule has 70 valence electrons. The van der Waals surface area contributed by atoms with E-state index in [9.17, 15) is 4.79 Å². The first-order chi connectivity index (χ1) is 6.22. The molecule has 0 atom stereocenters. The molecule has 0 saturated carbocycles. The summed E-state index contributed by atoms with van der Waals surface area (Å²) in [6, 6.07) is 5.29. The van der Waals surface area contributed by atoms with Gasteiger partial charge in [0.2, 0.25) is 0 Å². The monoisotopic (exact) mass is 198 g/mol. The summed E-state index contributed by atoms with van der Waals surface area (Å²) in [4.78, 5) is 14.8. The van der Waals surface area contributed by atoms with E-state index in [0.29, 0.717) is 5.82 Å². The highest BCUT2D eigenvalue weighted by molar-refractivity contribution is 7.99. The van der Waals surface area contributed by atoms with Gasteiger partial charge in [0, 0.05) is 0 Å². The number of ether oxygens (including phenoxy) is 1. The van der Waals surface area contributed by atoms with Crippen LogP contribution in [-0.2, 0) is 9.53 Å². The molecule has 0 bridgehead atoms. The number of nitrogens with two attached hydrogens (primary N) is 1. The third-order valence-corrected chi connectivity index (χ3v) is 2.21. The molecule has 0 radical (unpaired) electrons. The Labute approximate surface area is 80.5 Å². The number of methoxy groups -OCH3 is 1. The van der Waals surface area contributed by atoms with E-state index < -0.39 is 0 Å². The van der Waals surface area contributed by atoms with Gasteiger partial charge in [-0.3, -0.25) is 4.79 Å². The van der Waals surface area contributed by atoms with Crippen molar-refractivity contribution in [2.45, 2.75) is 5.03 Å². The lowest BCUT2D eigenvalue weighted by Gasteiger charge is -1.99. The van der Waals surface area contributed by atoms with E-state index in [2.05, 4.69) is 9.72 Å². The van der Waals surface area contributed by atoms with E-state index in [4.69, 9.17) is 5.73 Å². The Morgan fingerprint density at radius 3 is 3.08 bits per heavy atom. The van der Waals surface area contributed by atoms with Gasteiger partial charge in [0.25, 0.3) is 0 Å². The zero-order chi connectivity index (χ0) is 9.68. The SMILES string of the molecule is COC(=O)CSc1cccc(N)n1. The molecular weight excluding hydrogens is 188 g/mol. The summed E-state index contributed by atoms with van der Waals surface area (Å²) in [7, 11) is 1.36. The van der Waals surface area contributed by atoms with Gasteiger partial charge in [-0.2, -0.15) is 0 Å². The first-order valence-electron chi connectivity index (χ1n) is 3.64. The minimum Gasteiger partial charge on any atom is -0.468 e. The van der Waals surface area contributed by atoms with Crippen molar-refractivity contribution in [1.29, 1.82) is 0 Å². The van der Waals surface area contributed by atoms with Crippen LogP contribution in [0.25, 0.3) is 0 Å². The van der Waals surface area contributed by atoms with Gasteiger partial charge in [0.05, 0.1) is 17.9 Å². The second-order valence-electron chi connectivity index (χ2n) is 2.27. The molecule has 0 fully saturated rings. The first-order valence-corrected chi connectivity index (χ1v) is 4.63. The molecular formula is C8H10N2O2S. The molecule has 1 rings (SSSR count). The molecule has 0 aromatic carbocycles. The Morgan fingerprint density at radius 1 is 1.69 bits per heavy atom. The van der Waals surface area contributed by atoms with Gasteiger partial charge < -0.3 is 10.5 Å². The number of thioether (sulfide) groups is 1. The number of nitrogen functional groups attached to an aromatic ring is 1. The number of carbonyl (C=O) groups is 1. The first kappa shape index (κ1) is 9.85. The van der Waals surface area contributed by atoms with Gasteiger partial charge in [-0.05, 0) is 12.1 Å². The van der Waals surface area contributed by atoms with E-state index >= 15 is 0 Å². The largest absolute Gasteiger partial charge is 0.468 e. The maximum Gasteiger partial charge on any atom is 0.316 e. The fourth-order valence-corrected chi connectivity index (χ4v) is 1.43. The molecule has 0 aliphatic carbocycles. The summed E-state index contributed by atoms with van der Waals surface area (Å²) >= 11 is 1.30. The quantitative estimate of drug-likeness (QED) is 0.578. The van der Waals surface area contributed by atoms with Crippen molar-refractivity contribution in [2.75, 3.05) is 18.6 Å². The van der Waals surface area contributed by atoms with Crippen LogP contribution in [0.4, 0.5) is 5.82 Å². The lowest BCUT2D eigenvalue weighted by atomic mass is 10.5. The third kappa shape index (κ3) is 3.33. The fourth-order valence-electron chi connectivity index (χ4n) is 0.703. The standard InChI is InChI=1S/C8H10N2O2S/c1-12-8(11)5-13-7-4-2-3-6(9)10-7/h2-4H,5H2,1H3,(H2,9,10). The smallest absolute Gasteiger partial charge is 0.316 e. The molecule has 1 heterocycles. The molecule has 13 heavy (non-hydrogen) atoms. The molecule has 0 amide bonds. The van der Waals surface area contributed by atoms with Crippen LogP contribution in [0.1, 0.15) is 0 Å². The van der Waals surface area contributed by atoms with Crippen LogP contribution in [0.5, 0.6) is 0 Å². The van der Waals surface area contributed by atoms with Crippen LogP contribution in [0, 0.1) is 0 Å². The highest BCUT2D eigenvalue weighted by atomic mass is 32.2. The zero-order valence-corrected chi connectivity index (χ0v) is 8.00. The normalized spacial score (nSPS) is 9.62. The number of esters is 1. The third-order valence-electron chi connectivity index (χ3n) is 1.31. The predicted octanol–water partition coefficient (Wildman–Crippen LogP) is 0.929. The highest BCUT2D eigenvalue weighted by Gasteiger charge is 2.02. The van der Waals surface area contributed by atoms with Gasteiger partial charge in [-0.1, -0.05) is 17.8 Å². The van der Waals surface area contributed by atoms with Gasteiger partial charge in [0.1, 0.15) is 5.82 Å². The molecule has 5 heteroatoms. The van der Waals surface area contributed by atoms with Gasteiger partial charge in [-0.15, -0.1) is 0 Å². The molecule has 0 saturated heterocycles. The second-order valence-corrected chi connectivity index (χ2v) is 3.26. The van der Waals surface area contributed by atoms with Crippen molar-refractivity contribution in [3.8, 4) is 0 Å². The Kier molecular flexibility index (Phi) is 3.57. The van der Waals surface area contributed by atoms with Crippen molar-refractivity contribution in [3.05, 3.63) is 18.2 Å². The van der Waals surface area contributed by atoms with Crippen LogP contribution in [-0.4, -0.2) is 23.8 Å². The van der Waals surface area contributed by atoms with Crippen molar-refractivity contribution in [3.63, 3.8) is 0 Å². The summed E-state index contributed by atoms with van der Waals surface area (Å²) in [5.41, 5.74) is 5.46. The molecule has 1 aromatic heterocycles. The number of anilines is 1. The molecule has 0 unspecified atom stereocenters. The van der Waals surface area contributed by atoms with E-state index in [1.165, 1.54) is 18.9 Å². The molecule has 1 aromatic rings. The minimum absolute atomic E-state index is 0.257. The number of nitrogens with zero attached hydrogens (tertiary/aromatic N) is 1. The summed E-state index contributed by atoms with van der Waals surface area (Å²) in [5, 5.41) is 0.727. The summed E-state index contributed by atoms with van der Waals surface area (Å²) in [5.74, 6) is 0.441. The van der Waals surface area contributed by atoms with Crippen LogP contribution in [0.2, 0.25) is 0 Å². The Hall–Kier alpha value is -1.23. The minimum atomic E-state index is -0.269. The molecule has 4 nitrogen and oxygen atoms in total. The highest BCUT2D eigenvalue weighted by Crippen LogP contribution is 2.15. The van der Waals surface area contributed by atoms with Crippen molar-refractivity contribution < 1.29 is 9.53 Å². The summed E-state index contributed by atoms with van der Waals surface area (Å²) in [6.45, 7) is 0. The summed E-state index contributed by atoms with van der Waals surface area (Å²) in [6.07, 6.45) is 0. The topological polar surface area (TPSA) is 65.2 Å². The number of pyridine rings is 1. The van der Waals surface area contributed by atoms with Gasteiger partial charge in [0.15, 0.2) is 0 Å². The van der Waals surface area contributed by atoms with E-state index in [1.807, 2.05) is 0 Å². The van der Waals surface area contributed by atoms with Crippen molar-refractivity contribution in [1.82, 2.24) is 4.98 Å². The number of hydrogen-bond acceptors (Lipinski definition) is 5. The molecule has 0 aliphatic rings. The van der Waals surface area contributed by atoms with Crippen LogP contribution >= 0.6 is 11.8 Å². The van der Waals surface area contributed by atoms with E-state index in [-0.39, 0.29) is 11.7 Å². The Bertz CT molecular complexity index is 304. The average Bonchev–Trinajstić information content (AvgIpc) is 2.14. The maximum absolute atomic E-state index is 10.8. The number of hydrogen-bond donors (Lipinski definition) is 1. The van der Waals surface area contributed by atoms with E-state index in [1.54, 1.807) is 18.2 Å². The average molecular weight is 198 g/mol. The lowest BCUT2D eigenvalue weighted by molar-refractivity contribution is -0.137. The van der Waals surface area contributed by atoms with Crippen molar-refractivity contribution in [2.24, 2.45) is 0 Å². The zero-order valence-electron chi connectivity index (χ0n) is 7.19. The Morgan fingerprint density at radius 2 is 2.46 bits per heavy atom. The van der Waals surface area contributed by atoms with Crippen LogP contribution < -0.4 is 5.73 Å². The van der Waals surface area contributed by atoms with Crippen molar-refractivity contribution >= 4 is 23.5 Å². The van der Waals surface area contributed by atoms with Gasteiger partial charge >= 0.3 is 5.97 Å². The van der Waals surface area contributed by atoms with Crippen LogP contribution in [0.15, 0.2) is 23.2 Å². The number of aromatic nitrogens is 1. The predicted molar refractivity (Wildman–Crippen MR) is 51.4 cm³/mol. The van der Waals surface area contributed by atoms with E-state index in [0.717, 1.165) is 5.03 Å². The molecule has 2 N–H and O–H groups in total. The van der Waals surface area contributed by atoms with Crippen LogP contribution in [0.3, 0.4) is 0 Å². The number of carbonyl (C=O) groups excluding carboxylic acids is 1. The Balaban J connectivity index is 2.50.